The van der Waals surface area contributed by atoms with Gasteiger partial charge in [-0.25, -0.2) is 0 Å². The van der Waals surface area contributed by atoms with Crippen LogP contribution < -0.4 is 10.5 Å². The highest BCUT2D eigenvalue weighted by Crippen LogP contribution is 2.38. The molecule has 0 heterocycles. The van der Waals surface area contributed by atoms with Crippen LogP contribution in [0.25, 0.3) is 0 Å². The number of benzene rings is 2. The molecule has 0 saturated carbocycles. The van der Waals surface area contributed by atoms with Gasteiger partial charge in [0.1, 0.15) is 16.5 Å². The Hall–Kier alpha value is -1.60. The van der Waals surface area contributed by atoms with E-state index in [9.17, 15) is 13.2 Å². The maximum atomic E-state index is 12.9. The molecule has 2 aromatic rings. The second-order valence-corrected chi connectivity index (χ2v) is 5.40. The SMILES string of the molecule is NC(=S)c1ccc(Oc2ccccc2C(F)(F)F)cc1Br. The number of hydrogen-bond donors (Lipinski definition) is 1. The molecule has 0 aliphatic rings. The molecule has 7 heteroatoms. The first-order valence-corrected chi connectivity index (χ1v) is 6.92. The van der Waals surface area contributed by atoms with Gasteiger partial charge in [0.15, 0.2) is 0 Å². The van der Waals surface area contributed by atoms with Crippen molar-refractivity contribution in [3.05, 3.63) is 58.1 Å². The summed E-state index contributed by atoms with van der Waals surface area (Å²) in [6.45, 7) is 0. The maximum absolute atomic E-state index is 12.9. The van der Waals surface area contributed by atoms with E-state index in [1.165, 1.54) is 30.3 Å². The van der Waals surface area contributed by atoms with Crippen LogP contribution in [0, 0.1) is 0 Å². The zero-order valence-electron chi connectivity index (χ0n) is 10.4. The highest BCUT2D eigenvalue weighted by molar-refractivity contribution is 9.10. The standard InChI is InChI=1S/C14H9BrF3NOS/c15-11-7-8(5-6-9(11)13(19)21)20-12-4-2-1-3-10(12)14(16,17)18/h1-7H,(H2,19,21). The third kappa shape index (κ3) is 3.74. The number of alkyl halides is 3. The highest BCUT2D eigenvalue weighted by atomic mass is 79.9. The Balaban J connectivity index is 2.35. The number of hydrogen-bond acceptors (Lipinski definition) is 2. The quantitative estimate of drug-likeness (QED) is 0.775. The molecule has 0 saturated heterocycles. The van der Waals surface area contributed by atoms with E-state index in [1.807, 2.05) is 0 Å². The van der Waals surface area contributed by atoms with Gasteiger partial charge < -0.3 is 10.5 Å². The van der Waals surface area contributed by atoms with Crippen molar-refractivity contribution >= 4 is 33.1 Å². The van der Waals surface area contributed by atoms with E-state index >= 15 is 0 Å². The third-order valence-electron chi connectivity index (χ3n) is 2.63. The number of ether oxygens (including phenoxy) is 1. The van der Waals surface area contributed by atoms with E-state index in [0.29, 0.717) is 10.0 Å². The van der Waals surface area contributed by atoms with Crippen molar-refractivity contribution in [2.75, 3.05) is 0 Å². The Labute approximate surface area is 132 Å². The summed E-state index contributed by atoms with van der Waals surface area (Å²) in [6, 6.07) is 9.61. The van der Waals surface area contributed by atoms with Crippen LogP contribution in [0.4, 0.5) is 13.2 Å². The van der Waals surface area contributed by atoms with E-state index in [4.69, 9.17) is 22.7 Å². The van der Waals surface area contributed by atoms with Crippen molar-refractivity contribution in [3.8, 4) is 11.5 Å². The first-order chi connectivity index (χ1) is 9.79. The van der Waals surface area contributed by atoms with Crippen molar-refractivity contribution in [1.82, 2.24) is 0 Å². The third-order valence-corrected chi connectivity index (χ3v) is 3.50. The monoisotopic (exact) mass is 375 g/mol. The molecule has 0 fully saturated rings. The van der Waals surface area contributed by atoms with Crippen molar-refractivity contribution in [3.63, 3.8) is 0 Å². The summed E-state index contributed by atoms with van der Waals surface area (Å²) in [6.07, 6.45) is -4.48. The molecule has 0 amide bonds. The van der Waals surface area contributed by atoms with Gasteiger partial charge in [-0.15, -0.1) is 0 Å². The van der Waals surface area contributed by atoms with Crippen LogP contribution in [-0.4, -0.2) is 4.99 Å². The Bertz CT molecular complexity index is 688. The van der Waals surface area contributed by atoms with Crippen molar-refractivity contribution in [2.45, 2.75) is 6.18 Å². The molecule has 2 rings (SSSR count). The molecule has 0 unspecified atom stereocenters. The average Bonchev–Trinajstić information content (AvgIpc) is 2.37. The molecule has 2 aromatic carbocycles. The lowest BCUT2D eigenvalue weighted by Crippen LogP contribution is -2.10. The maximum Gasteiger partial charge on any atom is 0.419 e. The van der Waals surface area contributed by atoms with Crippen LogP contribution in [0.2, 0.25) is 0 Å². The fraction of sp³-hybridized carbons (Fsp3) is 0.0714. The Morgan fingerprint density at radius 1 is 1.14 bits per heavy atom. The first kappa shape index (κ1) is 15.8. The van der Waals surface area contributed by atoms with E-state index in [0.717, 1.165) is 6.07 Å². The highest BCUT2D eigenvalue weighted by Gasteiger charge is 2.34. The van der Waals surface area contributed by atoms with Crippen LogP contribution in [-0.2, 0) is 6.18 Å². The number of thiocarbonyl (C=S) groups is 1. The van der Waals surface area contributed by atoms with Gasteiger partial charge in [-0.1, -0.05) is 24.4 Å². The fourth-order valence-electron chi connectivity index (χ4n) is 1.68. The Morgan fingerprint density at radius 3 is 2.38 bits per heavy atom. The van der Waals surface area contributed by atoms with E-state index in [1.54, 1.807) is 6.07 Å². The van der Waals surface area contributed by atoms with E-state index in [2.05, 4.69) is 15.9 Å². The minimum absolute atomic E-state index is 0.184. The molecule has 0 atom stereocenters. The van der Waals surface area contributed by atoms with Gasteiger partial charge in [-0.05, 0) is 46.3 Å². The van der Waals surface area contributed by atoms with E-state index in [-0.39, 0.29) is 16.5 Å². The molecule has 2 nitrogen and oxygen atoms in total. The summed E-state index contributed by atoms with van der Waals surface area (Å²) in [5, 5.41) is 0. The largest absolute Gasteiger partial charge is 0.457 e. The molecule has 2 N–H and O–H groups in total. The lowest BCUT2D eigenvalue weighted by atomic mass is 10.2. The molecule has 0 aliphatic heterocycles. The summed E-state index contributed by atoms with van der Waals surface area (Å²) in [5.41, 5.74) is 5.26. The number of nitrogens with two attached hydrogens (primary N) is 1. The summed E-state index contributed by atoms with van der Waals surface area (Å²) >= 11 is 8.10. The zero-order valence-corrected chi connectivity index (χ0v) is 12.8. The van der Waals surface area contributed by atoms with Gasteiger partial charge in [0.2, 0.25) is 0 Å². The molecule has 110 valence electrons. The molecule has 0 radical (unpaired) electrons. The number of halogens is 4. The average molecular weight is 376 g/mol. The summed E-state index contributed by atoms with van der Waals surface area (Å²) in [4.78, 5) is 0.184. The van der Waals surface area contributed by atoms with Gasteiger partial charge in [-0.3, -0.25) is 0 Å². The summed E-state index contributed by atoms with van der Waals surface area (Å²) < 4.78 is 44.5. The molecular formula is C14H9BrF3NOS. The summed E-state index contributed by atoms with van der Waals surface area (Å²) in [5.74, 6) is -0.0152. The van der Waals surface area contributed by atoms with Crippen LogP contribution in [0.1, 0.15) is 11.1 Å². The molecular weight excluding hydrogens is 367 g/mol. The topological polar surface area (TPSA) is 35.2 Å². The predicted molar refractivity (Wildman–Crippen MR) is 81.5 cm³/mol. The lowest BCUT2D eigenvalue weighted by Gasteiger charge is -2.14. The molecule has 0 spiro atoms. The van der Waals surface area contributed by atoms with Gasteiger partial charge in [0.05, 0.1) is 5.56 Å². The second kappa shape index (κ2) is 6.03. The van der Waals surface area contributed by atoms with Crippen molar-refractivity contribution < 1.29 is 17.9 Å². The molecule has 0 aromatic heterocycles. The van der Waals surface area contributed by atoms with Gasteiger partial charge >= 0.3 is 6.18 Å². The first-order valence-electron chi connectivity index (χ1n) is 5.72. The normalized spacial score (nSPS) is 11.2. The van der Waals surface area contributed by atoms with Gasteiger partial charge in [0.25, 0.3) is 0 Å². The van der Waals surface area contributed by atoms with Crippen LogP contribution >= 0.6 is 28.1 Å². The number of para-hydroxylation sites is 1. The molecule has 0 bridgehead atoms. The minimum atomic E-state index is -4.48. The van der Waals surface area contributed by atoms with E-state index < -0.39 is 11.7 Å². The Morgan fingerprint density at radius 2 is 1.81 bits per heavy atom. The van der Waals surface area contributed by atoms with Gasteiger partial charge in [-0.2, -0.15) is 13.2 Å². The van der Waals surface area contributed by atoms with Crippen LogP contribution in [0.15, 0.2) is 46.9 Å². The Kier molecular flexibility index (Phi) is 4.53. The van der Waals surface area contributed by atoms with Crippen LogP contribution in [0.3, 0.4) is 0 Å². The van der Waals surface area contributed by atoms with Crippen molar-refractivity contribution in [1.29, 1.82) is 0 Å². The molecule has 0 aliphatic carbocycles. The minimum Gasteiger partial charge on any atom is -0.457 e. The summed E-state index contributed by atoms with van der Waals surface area (Å²) in [7, 11) is 0. The molecule has 21 heavy (non-hydrogen) atoms. The predicted octanol–water partition coefficient (Wildman–Crippen LogP) is 4.89. The fourth-order valence-corrected chi connectivity index (χ4v) is 2.56. The van der Waals surface area contributed by atoms with Crippen molar-refractivity contribution in [2.24, 2.45) is 5.73 Å². The zero-order chi connectivity index (χ0) is 15.6. The van der Waals surface area contributed by atoms with Crippen LogP contribution in [0.5, 0.6) is 11.5 Å². The van der Waals surface area contributed by atoms with Gasteiger partial charge in [0, 0.05) is 10.0 Å². The second-order valence-electron chi connectivity index (χ2n) is 4.10. The smallest absolute Gasteiger partial charge is 0.419 e. The lowest BCUT2D eigenvalue weighted by molar-refractivity contribution is -0.138. The number of rotatable bonds is 3.